The first-order valence-corrected chi connectivity index (χ1v) is 41.6. The minimum Gasteiger partial charge on any atom is -0.435 e. The molecule has 17 aromatic carbocycles. The number of aromatic nitrogens is 12. The van der Waals surface area contributed by atoms with E-state index in [-0.39, 0.29) is 0 Å². The van der Waals surface area contributed by atoms with Gasteiger partial charge in [0.05, 0.1) is 71.3 Å². The second-order valence-electron chi connectivity index (χ2n) is 30.9. The third-order valence-corrected chi connectivity index (χ3v) is 23.6. The van der Waals surface area contributed by atoms with Gasteiger partial charge in [0, 0.05) is 96.1 Å². The Balaban J connectivity index is 0.000000105. The highest BCUT2D eigenvalue weighted by Crippen LogP contribution is 2.45. The highest BCUT2D eigenvalue weighted by atomic mass is 16.4. The highest BCUT2D eigenvalue weighted by molar-refractivity contribution is 6.22. The Bertz CT molecular complexity index is 8590. The van der Waals surface area contributed by atoms with Crippen molar-refractivity contribution >= 4 is 121 Å². The van der Waals surface area contributed by atoms with E-state index in [0.717, 1.165) is 206 Å². The van der Waals surface area contributed by atoms with Gasteiger partial charge in [0.1, 0.15) is 34.0 Å². The number of hydrogen-bond donors (Lipinski definition) is 0. The van der Waals surface area contributed by atoms with Crippen LogP contribution in [0.4, 0.5) is 0 Å². The van der Waals surface area contributed by atoms with E-state index in [0.29, 0.717) is 17.7 Å². The van der Waals surface area contributed by atoms with Gasteiger partial charge < -0.3 is 27.0 Å². The van der Waals surface area contributed by atoms with Gasteiger partial charge in [-0.2, -0.15) is 0 Å². The molecular weight excluding hydrogens is 1540 g/mol. The molecule has 26 aromatic rings. The minimum atomic E-state index is 0.627. The van der Waals surface area contributed by atoms with Crippen LogP contribution in [0.5, 0.6) is 0 Å². The first-order chi connectivity index (χ1) is 62.0. The first kappa shape index (κ1) is 71.8. The molecule has 125 heavy (non-hydrogen) atoms. The average molecular weight is 1610 g/mol. The van der Waals surface area contributed by atoms with Crippen LogP contribution in [0.3, 0.4) is 0 Å². The van der Waals surface area contributed by atoms with Crippen LogP contribution in [0, 0.1) is 0 Å². The van der Waals surface area contributed by atoms with E-state index in [1.807, 2.05) is 146 Å². The molecule has 0 saturated carbocycles. The molecule has 0 N–H and O–H groups in total. The van der Waals surface area contributed by atoms with Crippen molar-refractivity contribution in [3.63, 3.8) is 0 Å². The van der Waals surface area contributed by atoms with Gasteiger partial charge in [0.2, 0.25) is 17.7 Å². The number of hydrogen-bond acceptors (Lipinski definition) is 9. The Morgan fingerprint density at radius 2 is 0.504 bits per heavy atom. The van der Waals surface area contributed by atoms with Gasteiger partial charge in [0.15, 0.2) is 16.7 Å². The van der Waals surface area contributed by atoms with Gasteiger partial charge in [-0.25, -0.2) is 29.9 Å². The summed E-state index contributed by atoms with van der Waals surface area (Å²) in [7, 11) is 0. The van der Waals surface area contributed by atoms with Crippen LogP contribution >= 0.6 is 0 Å². The third kappa shape index (κ3) is 12.3. The minimum absolute atomic E-state index is 0.627. The summed E-state index contributed by atoms with van der Waals surface area (Å²) >= 11 is 0. The summed E-state index contributed by atoms with van der Waals surface area (Å²) in [6.07, 6.45) is 3.85. The second-order valence-corrected chi connectivity index (χ2v) is 30.9. The van der Waals surface area contributed by atoms with E-state index in [2.05, 4.69) is 311 Å². The maximum Gasteiger partial charge on any atom is 0.227 e. The zero-order valence-corrected chi connectivity index (χ0v) is 67.0. The Hall–Kier alpha value is -17.3. The number of oxazole rings is 3. The Morgan fingerprint density at radius 1 is 0.192 bits per heavy atom. The SMILES string of the molecule is c1ccc(-c2nc3ccc4c(c5ccccc5n4-c4ccc(-n5ccnc5-c5ccccc5)cc4)c3o2)cc1.c1ccc(-c2nc3ccc4c(c5ccccc5n4-c4cccc(-c5nc6ccccc6n5-c5ccccc5)c4)c3o2)cc1.c1ccc(-c2nc3ccc4c(c5ccccc5n4-c4cccc(-n5c(-c6ccccc6)nc6ccccc65)c4)c3o2)cc1. The van der Waals surface area contributed by atoms with Crippen LogP contribution in [0.25, 0.3) is 223 Å². The molecule has 0 aliphatic rings. The van der Waals surface area contributed by atoms with Gasteiger partial charge in [0.25, 0.3) is 0 Å². The van der Waals surface area contributed by atoms with E-state index in [1.165, 1.54) is 0 Å². The topological polar surface area (TPSA) is 146 Å². The van der Waals surface area contributed by atoms with E-state index in [9.17, 15) is 0 Å². The van der Waals surface area contributed by atoms with Crippen molar-refractivity contribution in [2.75, 3.05) is 0 Å². The molecule has 588 valence electrons. The van der Waals surface area contributed by atoms with Crippen molar-refractivity contribution in [3.8, 4) is 103 Å². The normalized spacial score (nSPS) is 11.7. The van der Waals surface area contributed by atoms with Crippen molar-refractivity contribution in [1.29, 1.82) is 0 Å². The largest absolute Gasteiger partial charge is 0.435 e. The fourth-order valence-corrected chi connectivity index (χ4v) is 18.0. The number of nitrogens with zero attached hydrogens (tertiary/aromatic N) is 12. The van der Waals surface area contributed by atoms with Crippen LogP contribution in [-0.4, -0.2) is 57.3 Å². The molecular formula is C110H70N12O3. The molecule has 0 saturated heterocycles. The molecule has 15 nitrogen and oxygen atoms in total. The van der Waals surface area contributed by atoms with E-state index >= 15 is 0 Å². The lowest BCUT2D eigenvalue weighted by molar-refractivity contribution is 0.622. The van der Waals surface area contributed by atoms with Gasteiger partial charge in [-0.3, -0.25) is 13.7 Å². The van der Waals surface area contributed by atoms with Gasteiger partial charge >= 0.3 is 0 Å². The van der Waals surface area contributed by atoms with Crippen molar-refractivity contribution in [1.82, 2.24) is 57.3 Å². The van der Waals surface area contributed by atoms with Crippen LogP contribution in [0.2, 0.25) is 0 Å². The van der Waals surface area contributed by atoms with Crippen molar-refractivity contribution in [2.24, 2.45) is 0 Å². The molecule has 15 heteroatoms. The number of fused-ring (bicyclic) bond motifs is 17. The van der Waals surface area contributed by atoms with Crippen molar-refractivity contribution in [2.45, 2.75) is 0 Å². The monoisotopic (exact) mass is 1610 g/mol. The molecule has 0 radical (unpaired) electrons. The molecule has 0 amide bonds. The predicted molar refractivity (Wildman–Crippen MR) is 504 cm³/mol. The van der Waals surface area contributed by atoms with E-state index in [4.69, 9.17) is 38.2 Å². The summed E-state index contributed by atoms with van der Waals surface area (Å²) in [6.45, 7) is 0. The van der Waals surface area contributed by atoms with Crippen molar-refractivity contribution in [3.05, 3.63) is 425 Å². The average Bonchev–Trinajstić information content (AvgIpc) is 1.57. The van der Waals surface area contributed by atoms with Crippen molar-refractivity contribution < 1.29 is 13.3 Å². The van der Waals surface area contributed by atoms with Crippen LogP contribution < -0.4 is 0 Å². The maximum absolute atomic E-state index is 6.48. The van der Waals surface area contributed by atoms with Crippen LogP contribution in [0.1, 0.15) is 0 Å². The third-order valence-electron chi connectivity index (χ3n) is 23.6. The summed E-state index contributed by atoms with van der Waals surface area (Å²) in [5, 5.41) is 6.58. The zero-order chi connectivity index (χ0) is 82.4. The lowest BCUT2D eigenvalue weighted by atomic mass is 10.1. The number of para-hydroxylation sites is 8. The molecule has 0 aliphatic carbocycles. The molecule has 0 fully saturated rings. The predicted octanol–water partition coefficient (Wildman–Crippen LogP) is 27.6. The molecule has 9 aromatic heterocycles. The smallest absolute Gasteiger partial charge is 0.227 e. The quantitative estimate of drug-likeness (QED) is 0.117. The molecule has 0 spiro atoms. The fourth-order valence-electron chi connectivity index (χ4n) is 18.0. The summed E-state index contributed by atoms with van der Waals surface area (Å²) in [5.74, 6) is 4.62. The number of benzene rings is 17. The lowest BCUT2D eigenvalue weighted by Gasteiger charge is -2.13. The Kier molecular flexibility index (Phi) is 17.2. The standard InChI is InChI=1S/2C38H24N4O.C34H22N4O/c1-3-12-25(13-4-1)38-40-31-22-23-34-35(36(31)43-38)29-18-7-9-20-32(29)41(34)28-17-11-14-26(24-28)37-39-30-19-8-10-21-33(30)42(37)27-15-5-2-6-16-27;1-3-12-25(13-4-1)37-39-30-19-8-10-21-33(30)42(37)28-17-11-16-27(24-28)41-32-20-9-7-18-29(32)35-34(41)23-22-31-36(35)43-38(40-31)26-14-5-2-6-15-26;1-3-9-23(10-4-1)33-35-21-22-37(33)25-15-17-26(18-16-25)38-29-14-8-7-13-27(29)31-30(38)20-19-28-32(31)39-34(36-28)24-11-5-2-6-12-24/h2*1-24H;1-22H. The number of rotatable bonds is 12. The molecule has 0 atom stereocenters. The Morgan fingerprint density at radius 3 is 0.952 bits per heavy atom. The molecule has 0 bridgehead atoms. The van der Waals surface area contributed by atoms with E-state index in [1.54, 1.807) is 0 Å². The fraction of sp³-hybridized carbons (Fsp3) is 0. The zero-order valence-electron chi connectivity index (χ0n) is 67.0. The number of imidazole rings is 3. The highest BCUT2D eigenvalue weighted by Gasteiger charge is 2.26. The van der Waals surface area contributed by atoms with Gasteiger partial charge in [-0.05, 0) is 182 Å². The van der Waals surface area contributed by atoms with Gasteiger partial charge in [-0.1, -0.05) is 231 Å². The maximum atomic E-state index is 6.48. The summed E-state index contributed by atoms with van der Waals surface area (Å²) in [4.78, 5) is 29.3. The molecule has 26 rings (SSSR count). The summed E-state index contributed by atoms with van der Waals surface area (Å²) < 4.78 is 32.9. The molecule has 0 aliphatic heterocycles. The first-order valence-electron chi connectivity index (χ1n) is 41.6. The van der Waals surface area contributed by atoms with Crippen LogP contribution in [0.15, 0.2) is 438 Å². The molecule has 9 heterocycles. The summed E-state index contributed by atoms with van der Waals surface area (Å²) in [5.41, 5.74) is 28.0. The van der Waals surface area contributed by atoms with E-state index < -0.39 is 0 Å². The summed E-state index contributed by atoms with van der Waals surface area (Å²) in [6, 6.07) is 142. The Labute approximate surface area is 714 Å². The van der Waals surface area contributed by atoms with Gasteiger partial charge in [-0.15, -0.1) is 0 Å². The second kappa shape index (κ2) is 29.9. The molecule has 0 unspecified atom stereocenters. The van der Waals surface area contributed by atoms with Crippen LogP contribution in [-0.2, 0) is 0 Å². The lowest BCUT2D eigenvalue weighted by Crippen LogP contribution is -2.00.